The number of nitrogens with one attached hydrogen (secondary N) is 1. The van der Waals surface area contributed by atoms with E-state index in [4.69, 9.17) is 0 Å². The standard InChI is InChI=1S/C20H22N4OS2/c1-4-11-24-19(17-6-5-12-26-17)22-23-20(24)27-13-18(25)21-16-9-7-15(8-10-16)14(2)3/h4-10,12,14H,1,11,13H2,2-3H3,(H,21,25). The van der Waals surface area contributed by atoms with Crippen molar-refractivity contribution in [3.05, 3.63) is 60.0 Å². The van der Waals surface area contributed by atoms with Gasteiger partial charge in [-0.3, -0.25) is 9.36 Å². The number of aromatic nitrogens is 3. The van der Waals surface area contributed by atoms with E-state index in [2.05, 4.69) is 35.9 Å². The molecule has 1 N–H and O–H groups in total. The molecule has 0 spiro atoms. The van der Waals surface area contributed by atoms with E-state index >= 15 is 0 Å². The zero-order valence-electron chi connectivity index (χ0n) is 15.4. The molecule has 0 unspecified atom stereocenters. The first-order chi connectivity index (χ1) is 13.1. The van der Waals surface area contributed by atoms with Gasteiger partial charge in [-0.25, -0.2) is 0 Å². The van der Waals surface area contributed by atoms with Crippen LogP contribution in [0.1, 0.15) is 25.3 Å². The summed E-state index contributed by atoms with van der Waals surface area (Å²) in [6.45, 7) is 8.70. The first-order valence-electron chi connectivity index (χ1n) is 8.69. The van der Waals surface area contributed by atoms with Crippen molar-refractivity contribution in [1.29, 1.82) is 0 Å². The van der Waals surface area contributed by atoms with Crippen LogP contribution in [0.25, 0.3) is 10.7 Å². The van der Waals surface area contributed by atoms with E-state index in [1.165, 1.54) is 17.3 Å². The third-order valence-corrected chi connectivity index (χ3v) is 5.80. The summed E-state index contributed by atoms with van der Waals surface area (Å²) in [7, 11) is 0. The third-order valence-electron chi connectivity index (χ3n) is 3.96. The molecule has 0 saturated heterocycles. The average Bonchev–Trinajstić information content (AvgIpc) is 3.30. The number of thiophene rings is 1. The second-order valence-electron chi connectivity index (χ2n) is 6.30. The van der Waals surface area contributed by atoms with Crippen LogP contribution < -0.4 is 5.32 Å². The van der Waals surface area contributed by atoms with Gasteiger partial charge >= 0.3 is 0 Å². The van der Waals surface area contributed by atoms with E-state index in [9.17, 15) is 4.79 Å². The number of hydrogen-bond acceptors (Lipinski definition) is 5. The van der Waals surface area contributed by atoms with E-state index in [1.807, 2.05) is 46.3 Å². The summed E-state index contributed by atoms with van der Waals surface area (Å²) in [4.78, 5) is 13.3. The van der Waals surface area contributed by atoms with Gasteiger partial charge in [0.15, 0.2) is 11.0 Å². The number of carbonyl (C=O) groups is 1. The zero-order valence-corrected chi connectivity index (χ0v) is 17.0. The quantitative estimate of drug-likeness (QED) is 0.426. The second-order valence-corrected chi connectivity index (χ2v) is 8.19. The first kappa shape index (κ1) is 19.4. The van der Waals surface area contributed by atoms with Crippen molar-refractivity contribution in [2.45, 2.75) is 31.5 Å². The Morgan fingerprint density at radius 3 is 2.70 bits per heavy atom. The van der Waals surface area contributed by atoms with Crippen molar-refractivity contribution in [1.82, 2.24) is 14.8 Å². The Hall–Kier alpha value is -2.38. The topological polar surface area (TPSA) is 59.8 Å². The summed E-state index contributed by atoms with van der Waals surface area (Å²) >= 11 is 2.99. The Kier molecular flexibility index (Phi) is 6.47. The maximum Gasteiger partial charge on any atom is 0.234 e. The number of rotatable bonds is 8. The summed E-state index contributed by atoms with van der Waals surface area (Å²) in [5.74, 6) is 1.48. The van der Waals surface area contributed by atoms with E-state index < -0.39 is 0 Å². The molecule has 3 rings (SSSR count). The highest BCUT2D eigenvalue weighted by atomic mass is 32.2. The number of amides is 1. The van der Waals surface area contributed by atoms with Crippen molar-refractivity contribution in [2.75, 3.05) is 11.1 Å². The Morgan fingerprint density at radius 1 is 1.30 bits per heavy atom. The van der Waals surface area contributed by atoms with Crippen molar-refractivity contribution >= 4 is 34.7 Å². The summed E-state index contributed by atoms with van der Waals surface area (Å²) in [6, 6.07) is 12.0. The van der Waals surface area contributed by atoms with Crippen LogP contribution in [0.4, 0.5) is 5.69 Å². The largest absolute Gasteiger partial charge is 0.325 e. The Morgan fingerprint density at radius 2 is 2.07 bits per heavy atom. The molecule has 1 aromatic carbocycles. The van der Waals surface area contributed by atoms with Crippen LogP contribution in [0.5, 0.6) is 0 Å². The van der Waals surface area contributed by atoms with Crippen molar-refractivity contribution in [3.63, 3.8) is 0 Å². The lowest BCUT2D eigenvalue weighted by molar-refractivity contribution is -0.113. The Bertz CT molecular complexity index is 899. The maximum atomic E-state index is 12.3. The number of thioether (sulfide) groups is 1. The van der Waals surface area contributed by atoms with E-state index in [-0.39, 0.29) is 11.7 Å². The number of anilines is 1. The molecule has 0 bridgehead atoms. The van der Waals surface area contributed by atoms with Crippen LogP contribution in [-0.2, 0) is 11.3 Å². The second kappa shape index (κ2) is 9.01. The molecule has 3 aromatic rings. The number of hydrogen-bond donors (Lipinski definition) is 1. The Balaban J connectivity index is 1.64. The number of carbonyl (C=O) groups excluding carboxylic acids is 1. The Labute approximate surface area is 167 Å². The first-order valence-corrected chi connectivity index (χ1v) is 10.6. The molecular formula is C20H22N4OS2. The van der Waals surface area contributed by atoms with Gasteiger partial charge in [0.1, 0.15) is 0 Å². The molecule has 0 aliphatic rings. The molecule has 0 saturated carbocycles. The molecule has 0 radical (unpaired) electrons. The monoisotopic (exact) mass is 398 g/mol. The molecule has 1 amide bonds. The molecule has 2 heterocycles. The molecular weight excluding hydrogens is 376 g/mol. The highest BCUT2D eigenvalue weighted by molar-refractivity contribution is 7.99. The van der Waals surface area contributed by atoms with Gasteiger partial charge < -0.3 is 5.32 Å². The molecule has 7 heteroatoms. The lowest BCUT2D eigenvalue weighted by atomic mass is 10.0. The summed E-state index contributed by atoms with van der Waals surface area (Å²) in [6.07, 6.45) is 1.81. The van der Waals surface area contributed by atoms with Gasteiger partial charge in [0.2, 0.25) is 5.91 Å². The third kappa shape index (κ3) is 4.87. The van der Waals surface area contributed by atoms with Gasteiger partial charge in [0.05, 0.1) is 10.6 Å². The fourth-order valence-electron chi connectivity index (χ4n) is 2.56. The van der Waals surface area contributed by atoms with Gasteiger partial charge in [0.25, 0.3) is 0 Å². The molecule has 5 nitrogen and oxygen atoms in total. The predicted octanol–water partition coefficient (Wildman–Crippen LogP) is 5.05. The van der Waals surface area contributed by atoms with Crippen LogP contribution in [-0.4, -0.2) is 26.4 Å². The molecule has 0 aliphatic carbocycles. The molecule has 2 aromatic heterocycles. The predicted molar refractivity (Wildman–Crippen MR) is 113 cm³/mol. The van der Waals surface area contributed by atoms with Gasteiger partial charge in [0, 0.05) is 12.2 Å². The SMILES string of the molecule is C=CCn1c(SCC(=O)Nc2ccc(C(C)C)cc2)nnc1-c1cccs1. The van der Waals surface area contributed by atoms with Crippen LogP contribution in [0.2, 0.25) is 0 Å². The van der Waals surface area contributed by atoms with Crippen molar-refractivity contribution in [2.24, 2.45) is 0 Å². The van der Waals surface area contributed by atoms with Crippen LogP contribution in [0, 0.1) is 0 Å². The molecule has 0 atom stereocenters. The highest BCUT2D eigenvalue weighted by Crippen LogP contribution is 2.27. The summed E-state index contributed by atoms with van der Waals surface area (Å²) < 4.78 is 1.98. The number of benzene rings is 1. The lowest BCUT2D eigenvalue weighted by Gasteiger charge is -2.09. The normalized spacial score (nSPS) is 10.9. The minimum absolute atomic E-state index is 0.0666. The average molecular weight is 399 g/mol. The van der Waals surface area contributed by atoms with Gasteiger partial charge in [-0.15, -0.1) is 28.1 Å². The highest BCUT2D eigenvalue weighted by Gasteiger charge is 2.15. The van der Waals surface area contributed by atoms with Crippen LogP contribution >= 0.6 is 23.1 Å². The van der Waals surface area contributed by atoms with Crippen molar-refractivity contribution in [3.8, 4) is 10.7 Å². The van der Waals surface area contributed by atoms with E-state index in [0.717, 1.165) is 16.4 Å². The van der Waals surface area contributed by atoms with E-state index in [0.29, 0.717) is 17.6 Å². The van der Waals surface area contributed by atoms with Crippen molar-refractivity contribution < 1.29 is 4.79 Å². The number of nitrogens with zero attached hydrogens (tertiary/aromatic N) is 3. The lowest BCUT2D eigenvalue weighted by Crippen LogP contribution is -2.14. The van der Waals surface area contributed by atoms with Gasteiger partial charge in [-0.2, -0.15) is 0 Å². The number of allylic oxidation sites excluding steroid dienone is 1. The zero-order chi connectivity index (χ0) is 19.2. The van der Waals surface area contributed by atoms with Crippen LogP contribution in [0.3, 0.4) is 0 Å². The minimum Gasteiger partial charge on any atom is -0.325 e. The van der Waals surface area contributed by atoms with Gasteiger partial charge in [-0.05, 0) is 35.1 Å². The minimum atomic E-state index is -0.0666. The fourth-order valence-corrected chi connectivity index (χ4v) is 4.02. The smallest absolute Gasteiger partial charge is 0.234 e. The molecule has 0 aliphatic heterocycles. The summed E-state index contributed by atoms with van der Waals surface area (Å²) in [5, 5.41) is 14.2. The molecule has 0 fully saturated rings. The van der Waals surface area contributed by atoms with Gasteiger partial charge in [-0.1, -0.05) is 49.9 Å². The fraction of sp³-hybridized carbons (Fsp3) is 0.250. The van der Waals surface area contributed by atoms with E-state index in [1.54, 1.807) is 17.4 Å². The van der Waals surface area contributed by atoms with Crippen LogP contribution in [0.15, 0.2) is 59.6 Å². The summed E-state index contributed by atoms with van der Waals surface area (Å²) in [5.41, 5.74) is 2.05. The molecule has 27 heavy (non-hydrogen) atoms. The maximum absolute atomic E-state index is 12.3. The molecule has 140 valence electrons.